The number of nitrogens with one attached hydrogen (secondary N) is 1. The molecule has 0 radical (unpaired) electrons. The molecule has 0 spiro atoms. The molecule has 0 saturated heterocycles. The molecule has 0 heterocycles. The van der Waals surface area contributed by atoms with Crippen molar-refractivity contribution in [1.82, 2.24) is 5.32 Å². The topological polar surface area (TPSA) is 111 Å². The number of esters is 1. The number of carbonyl (C=O) groups is 2. The summed E-state index contributed by atoms with van der Waals surface area (Å²) in [4.78, 5) is 37.6. The predicted octanol–water partition coefficient (Wildman–Crippen LogP) is 18.3. The Bertz CT molecular complexity index is 1310. The van der Waals surface area contributed by atoms with Gasteiger partial charge in [0.05, 0.1) is 33.8 Å². The summed E-state index contributed by atoms with van der Waals surface area (Å²) in [5, 5.41) is 3.05. The zero-order valence-electron chi connectivity index (χ0n) is 47.7. The molecule has 9 nitrogen and oxygen atoms in total. The standard InChI is InChI=1S/C61H117N2O7P/c1-7-10-13-16-19-22-25-27-28-29-30-31-32-33-34-36-39-42-45-48-51-54-61(65)70-59(52-49-46-43-40-37-24-21-18-15-12-9-3)58(57-69-71(66,67)68-56-55-63(4,5)6)62-60(64)53-50-47-44-41-38-35-26-23-20-17-14-11-8-2/h19,22,27-28,49,52,58-59H,7-18,20-21,23-26,29-48,50-51,53-57H2,1-6H3,(H-,62,64,66,67)/p+1/b22-19-,28-27-,52-49+. The molecule has 0 bridgehead atoms. The second-order valence-corrected chi connectivity index (χ2v) is 23.3. The summed E-state index contributed by atoms with van der Waals surface area (Å²) >= 11 is 0. The number of amides is 1. The summed E-state index contributed by atoms with van der Waals surface area (Å²) in [7, 11) is 1.50. The molecule has 0 aromatic carbocycles. The first-order chi connectivity index (χ1) is 34.4. The Morgan fingerprint density at radius 3 is 1.30 bits per heavy atom. The van der Waals surface area contributed by atoms with E-state index in [1.54, 1.807) is 0 Å². The van der Waals surface area contributed by atoms with E-state index in [-0.39, 0.29) is 25.1 Å². The quantitative estimate of drug-likeness (QED) is 0.0205. The molecule has 10 heteroatoms. The van der Waals surface area contributed by atoms with Crippen molar-refractivity contribution >= 4 is 19.7 Å². The Labute approximate surface area is 440 Å². The van der Waals surface area contributed by atoms with Crippen LogP contribution in [-0.2, 0) is 27.9 Å². The maximum Gasteiger partial charge on any atom is 0.472 e. The Balaban J connectivity index is 5.17. The van der Waals surface area contributed by atoms with Gasteiger partial charge in [-0.1, -0.05) is 250 Å². The van der Waals surface area contributed by atoms with E-state index in [4.69, 9.17) is 13.8 Å². The first kappa shape index (κ1) is 69.2. The summed E-state index contributed by atoms with van der Waals surface area (Å²) < 4.78 is 30.6. The van der Waals surface area contributed by atoms with Crippen molar-refractivity contribution in [1.29, 1.82) is 0 Å². The summed E-state index contributed by atoms with van der Waals surface area (Å²) in [6.45, 7) is 7.00. The van der Waals surface area contributed by atoms with Gasteiger partial charge in [0, 0.05) is 12.8 Å². The van der Waals surface area contributed by atoms with E-state index in [0.29, 0.717) is 23.9 Å². The van der Waals surface area contributed by atoms with Crippen molar-refractivity contribution in [3.8, 4) is 0 Å². The normalized spacial score (nSPS) is 14.0. The van der Waals surface area contributed by atoms with Crippen LogP contribution in [0, 0.1) is 0 Å². The summed E-state index contributed by atoms with van der Waals surface area (Å²) in [6, 6.07) is -0.843. The molecule has 0 rings (SSSR count). The second-order valence-electron chi connectivity index (χ2n) is 21.9. The fourth-order valence-electron chi connectivity index (χ4n) is 8.85. The fraction of sp³-hybridized carbons (Fsp3) is 0.869. The van der Waals surface area contributed by atoms with Gasteiger partial charge in [0.25, 0.3) is 0 Å². The predicted molar refractivity (Wildman–Crippen MR) is 305 cm³/mol. The van der Waals surface area contributed by atoms with E-state index in [1.165, 1.54) is 193 Å². The number of nitrogens with zero attached hydrogens (tertiary/aromatic N) is 1. The summed E-state index contributed by atoms with van der Waals surface area (Å²) in [5.74, 6) is -0.497. The molecule has 0 aliphatic heterocycles. The third-order valence-corrected chi connectivity index (χ3v) is 14.6. The Morgan fingerprint density at radius 2 is 0.859 bits per heavy atom. The van der Waals surface area contributed by atoms with Crippen LogP contribution in [0.3, 0.4) is 0 Å². The molecule has 3 unspecified atom stereocenters. The maximum absolute atomic E-state index is 13.5. The van der Waals surface area contributed by atoms with Gasteiger partial charge in [0.2, 0.25) is 5.91 Å². The average Bonchev–Trinajstić information content (AvgIpc) is 3.33. The number of likely N-dealkylation sites (N-methyl/N-ethyl adjacent to an activating group) is 1. The highest BCUT2D eigenvalue weighted by molar-refractivity contribution is 7.47. The van der Waals surface area contributed by atoms with Crippen molar-refractivity contribution in [2.45, 2.75) is 303 Å². The molecule has 2 N–H and O–H groups in total. The average molecular weight is 1020 g/mol. The monoisotopic (exact) mass is 1020 g/mol. The smallest absolute Gasteiger partial charge is 0.456 e. The number of rotatable bonds is 55. The lowest BCUT2D eigenvalue weighted by Gasteiger charge is -2.27. The van der Waals surface area contributed by atoms with Crippen LogP contribution in [-0.4, -0.2) is 74.3 Å². The van der Waals surface area contributed by atoms with E-state index < -0.39 is 20.0 Å². The molecule has 0 aromatic rings. The third-order valence-electron chi connectivity index (χ3n) is 13.6. The Kier molecular flexibility index (Phi) is 50.4. The van der Waals surface area contributed by atoms with Crippen LogP contribution in [0.25, 0.3) is 0 Å². The number of phosphoric ester groups is 1. The number of carbonyl (C=O) groups excluding carboxylic acids is 2. The fourth-order valence-corrected chi connectivity index (χ4v) is 9.59. The van der Waals surface area contributed by atoms with Crippen LogP contribution in [0.2, 0.25) is 0 Å². The van der Waals surface area contributed by atoms with Crippen molar-refractivity contribution in [3.63, 3.8) is 0 Å². The molecule has 0 saturated carbocycles. The van der Waals surface area contributed by atoms with Gasteiger partial charge in [-0.25, -0.2) is 4.57 Å². The molecular formula is C61H118N2O7P+. The molecular weight excluding hydrogens is 904 g/mol. The summed E-state index contributed by atoms with van der Waals surface area (Å²) in [5.41, 5.74) is 0. The van der Waals surface area contributed by atoms with Crippen LogP contribution < -0.4 is 5.32 Å². The molecule has 1 amide bonds. The minimum Gasteiger partial charge on any atom is -0.456 e. The van der Waals surface area contributed by atoms with E-state index in [2.05, 4.69) is 50.4 Å². The van der Waals surface area contributed by atoms with Crippen LogP contribution in [0.15, 0.2) is 36.5 Å². The van der Waals surface area contributed by atoms with E-state index in [0.717, 1.165) is 64.2 Å². The van der Waals surface area contributed by atoms with Gasteiger partial charge in [-0.3, -0.25) is 18.6 Å². The largest absolute Gasteiger partial charge is 0.472 e. The number of phosphoric acid groups is 1. The number of allylic oxidation sites excluding steroid dienone is 5. The lowest BCUT2D eigenvalue weighted by Crippen LogP contribution is -2.47. The number of ether oxygens (including phenoxy) is 1. The van der Waals surface area contributed by atoms with Crippen LogP contribution in [0.4, 0.5) is 0 Å². The van der Waals surface area contributed by atoms with Crippen LogP contribution >= 0.6 is 7.82 Å². The van der Waals surface area contributed by atoms with Gasteiger partial charge in [0.15, 0.2) is 0 Å². The number of unbranched alkanes of at least 4 members (excludes halogenated alkanes) is 35. The second kappa shape index (κ2) is 51.7. The van der Waals surface area contributed by atoms with Crippen molar-refractivity contribution < 1.29 is 37.3 Å². The molecule has 3 atom stereocenters. The first-order valence-electron chi connectivity index (χ1n) is 30.3. The molecule has 0 aliphatic rings. The molecule has 0 aliphatic carbocycles. The first-order valence-corrected chi connectivity index (χ1v) is 31.8. The minimum atomic E-state index is -4.44. The van der Waals surface area contributed by atoms with Crippen molar-refractivity contribution in [2.75, 3.05) is 40.9 Å². The summed E-state index contributed by atoms with van der Waals surface area (Å²) in [6.07, 6.45) is 61.3. The van der Waals surface area contributed by atoms with Crippen molar-refractivity contribution in [3.05, 3.63) is 36.5 Å². The lowest BCUT2D eigenvalue weighted by molar-refractivity contribution is -0.870. The molecule has 71 heavy (non-hydrogen) atoms. The SMILES string of the molecule is CCCCC/C=C\C/C=C\CCCCCCCCCCCCCC(=O)OC(/C=C/CCCCCCCCCCC)C(COP(=O)(O)OCC[N+](C)(C)C)NC(=O)CCCCCCCCCCCCCCC. The molecule has 0 fully saturated rings. The van der Waals surface area contributed by atoms with E-state index in [1.807, 2.05) is 33.3 Å². The number of quaternary nitrogens is 1. The minimum absolute atomic E-state index is 0.0423. The van der Waals surface area contributed by atoms with Gasteiger partial charge in [-0.2, -0.15) is 0 Å². The van der Waals surface area contributed by atoms with Crippen LogP contribution in [0.5, 0.6) is 0 Å². The highest BCUT2D eigenvalue weighted by atomic mass is 31.2. The zero-order valence-corrected chi connectivity index (χ0v) is 48.6. The Hall–Kier alpha value is -1.77. The van der Waals surface area contributed by atoms with Gasteiger partial charge in [-0.15, -0.1) is 0 Å². The Morgan fingerprint density at radius 1 is 0.493 bits per heavy atom. The third kappa shape index (κ3) is 52.9. The molecule has 418 valence electrons. The molecule has 0 aromatic heterocycles. The number of hydrogen-bond donors (Lipinski definition) is 2. The highest BCUT2D eigenvalue weighted by Crippen LogP contribution is 2.43. The van der Waals surface area contributed by atoms with Gasteiger partial charge < -0.3 is 19.4 Å². The maximum atomic E-state index is 13.5. The van der Waals surface area contributed by atoms with Gasteiger partial charge in [-0.05, 0) is 63.9 Å². The van der Waals surface area contributed by atoms with Gasteiger partial charge >= 0.3 is 13.8 Å². The van der Waals surface area contributed by atoms with E-state index in [9.17, 15) is 19.0 Å². The highest BCUT2D eigenvalue weighted by Gasteiger charge is 2.30. The van der Waals surface area contributed by atoms with Crippen molar-refractivity contribution in [2.24, 2.45) is 0 Å². The number of hydrogen-bond acceptors (Lipinski definition) is 6. The van der Waals surface area contributed by atoms with E-state index >= 15 is 0 Å². The van der Waals surface area contributed by atoms with Gasteiger partial charge in [0.1, 0.15) is 19.3 Å². The lowest BCUT2D eigenvalue weighted by atomic mass is 10.0. The zero-order chi connectivity index (χ0) is 52.2. The van der Waals surface area contributed by atoms with Crippen LogP contribution in [0.1, 0.15) is 290 Å².